The zero-order chi connectivity index (χ0) is 22.8. The number of amides is 1. The number of hydrogen-bond donors (Lipinski definition) is 3. The lowest BCUT2D eigenvalue weighted by Gasteiger charge is -2.26. The van der Waals surface area contributed by atoms with Crippen molar-refractivity contribution in [1.82, 2.24) is 15.1 Å². The molecule has 0 radical (unpaired) electrons. The molecule has 1 aromatic heterocycles. The number of aliphatic hydroxyl groups is 1. The van der Waals surface area contributed by atoms with Crippen LogP contribution in [0.4, 0.5) is 0 Å². The molecular formula is C23H22ClN3O5. The van der Waals surface area contributed by atoms with Gasteiger partial charge in [-0.1, -0.05) is 30.3 Å². The largest absolute Gasteiger partial charge is 0.507 e. The molecule has 0 spiro atoms. The summed E-state index contributed by atoms with van der Waals surface area (Å²) in [5.74, 6) is 0.714. The van der Waals surface area contributed by atoms with E-state index in [0.29, 0.717) is 45.6 Å². The number of carbonyl (C=O) groups is 1. The monoisotopic (exact) mass is 455 g/mol. The molecule has 8 nitrogen and oxygen atoms in total. The highest BCUT2D eigenvalue weighted by molar-refractivity contribution is 6.31. The van der Waals surface area contributed by atoms with Gasteiger partial charge in [0.1, 0.15) is 23.7 Å². The number of benzene rings is 2. The Labute approximate surface area is 189 Å². The van der Waals surface area contributed by atoms with Crippen molar-refractivity contribution in [3.05, 3.63) is 70.9 Å². The van der Waals surface area contributed by atoms with Crippen LogP contribution in [0.15, 0.2) is 49.1 Å². The number of phenolic OH excluding ortho intramolecular Hbond substituents is 1. The third-order valence-electron chi connectivity index (χ3n) is 5.28. The van der Waals surface area contributed by atoms with Gasteiger partial charge >= 0.3 is 0 Å². The lowest BCUT2D eigenvalue weighted by atomic mass is 9.95. The lowest BCUT2D eigenvalue weighted by molar-refractivity contribution is 0.0706. The molecule has 1 atom stereocenters. The molecule has 0 aliphatic carbocycles. The molecule has 1 amide bonds. The summed E-state index contributed by atoms with van der Waals surface area (Å²) in [6.45, 7) is 3.87. The summed E-state index contributed by atoms with van der Waals surface area (Å²) >= 11 is 6.15. The SMILES string of the molecule is C=CCOc1ccc(C2c3c(-c4cc(Cl)ccc4O)n[nH]c3C(=O)N2CCO)cc1OC. The Bertz CT molecular complexity index is 1180. The van der Waals surface area contributed by atoms with E-state index in [-0.39, 0.29) is 24.8 Å². The van der Waals surface area contributed by atoms with Crippen LogP contribution in [0.3, 0.4) is 0 Å². The average molecular weight is 456 g/mol. The van der Waals surface area contributed by atoms with Crippen molar-refractivity contribution >= 4 is 17.5 Å². The van der Waals surface area contributed by atoms with Crippen LogP contribution in [0.25, 0.3) is 11.3 Å². The summed E-state index contributed by atoms with van der Waals surface area (Å²) in [4.78, 5) is 14.7. The van der Waals surface area contributed by atoms with Crippen molar-refractivity contribution < 1.29 is 24.5 Å². The van der Waals surface area contributed by atoms with E-state index >= 15 is 0 Å². The number of aliphatic hydroxyl groups excluding tert-OH is 1. The molecule has 0 saturated carbocycles. The highest BCUT2D eigenvalue weighted by Crippen LogP contribution is 2.46. The molecule has 3 aromatic rings. The van der Waals surface area contributed by atoms with Crippen LogP contribution in [-0.2, 0) is 0 Å². The van der Waals surface area contributed by atoms with Gasteiger partial charge in [-0.3, -0.25) is 9.89 Å². The smallest absolute Gasteiger partial charge is 0.273 e. The van der Waals surface area contributed by atoms with Crippen molar-refractivity contribution in [2.24, 2.45) is 0 Å². The van der Waals surface area contributed by atoms with Gasteiger partial charge in [0.05, 0.1) is 19.8 Å². The minimum Gasteiger partial charge on any atom is -0.507 e. The normalized spacial score (nSPS) is 15.0. The van der Waals surface area contributed by atoms with E-state index in [1.54, 1.807) is 35.2 Å². The van der Waals surface area contributed by atoms with Gasteiger partial charge in [0.25, 0.3) is 5.91 Å². The predicted molar refractivity (Wildman–Crippen MR) is 119 cm³/mol. The van der Waals surface area contributed by atoms with E-state index in [1.165, 1.54) is 13.2 Å². The van der Waals surface area contributed by atoms with E-state index < -0.39 is 6.04 Å². The number of carbonyl (C=O) groups excluding carboxylic acids is 1. The third-order valence-corrected chi connectivity index (χ3v) is 5.51. The number of ether oxygens (including phenoxy) is 2. The predicted octanol–water partition coefficient (Wildman–Crippen LogP) is 3.55. The molecule has 1 aliphatic heterocycles. The van der Waals surface area contributed by atoms with Crippen molar-refractivity contribution in [3.8, 4) is 28.5 Å². The Morgan fingerprint density at radius 1 is 1.28 bits per heavy atom. The number of rotatable bonds is 8. The maximum Gasteiger partial charge on any atom is 0.273 e. The van der Waals surface area contributed by atoms with Crippen molar-refractivity contribution in [2.45, 2.75) is 6.04 Å². The Morgan fingerprint density at radius 3 is 2.81 bits per heavy atom. The standard InChI is InChI=1S/C23H22ClN3O5/c1-3-10-32-17-7-4-13(11-18(17)31-2)22-19-20(15-12-14(24)5-6-16(15)29)25-26-21(19)23(30)27(22)8-9-28/h3-7,11-12,22,28-29H,1,8-10H2,2H3,(H,25,26). The number of fused-ring (bicyclic) bond motifs is 1. The van der Waals surface area contributed by atoms with Gasteiger partial charge in [-0.05, 0) is 35.9 Å². The first kappa shape index (κ1) is 21.7. The molecule has 1 aliphatic rings. The maximum atomic E-state index is 13.1. The number of aromatic hydroxyl groups is 1. The zero-order valence-electron chi connectivity index (χ0n) is 17.3. The van der Waals surface area contributed by atoms with Crippen LogP contribution < -0.4 is 9.47 Å². The molecular weight excluding hydrogens is 434 g/mol. The second-order valence-corrected chi connectivity index (χ2v) is 7.59. The number of aromatic amines is 1. The minimum absolute atomic E-state index is 0.0127. The van der Waals surface area contributed by atoms with Gasteiger partial charge in [-0.15, -0.1) is 0 Å². The topological polar surface area (TPSA) is 108 Å². The summed E-state index contributed by atoms with van der Waals surface area (Å²) in [5.41, 5.74) is 2.42. The number of methoxy groups -OCH3 is 1. The Balaban J connectivity index is 1.87. The summed E-state index contributed by atoms with van der Waals surface area (Å²) in [6, 6.07) is 9.44. The molecule has 0 saturated heterocycles. The number of aromatic nitrogens is 2. The molecule has 2 heterocycles. The number of halogens is 1. The number of β-amino-alcohol motifs (C(OH)–C–C–N with tert-alkyl or cyclic N) is 1. The number of nitrogens with zero attached hydrogens (tertiary/aromatic N) is 2. The van der Waals surface area contributed by atoms with Crippen LogP contribution in [0.2, 0.25) is 5.02 Å². The summed E-state index contributed by atoms with van der Waals surface area (Å²) in [5, 5.41) is 27.6. The van der Waals surface area contributed by atoms with E-state index in [2.05, 4.69) is 16.8 Å². The average Bonchev–Trinajstić information content (AvgIpc) is 3.33. The fourth-order valence-electron chi connectivity index (χ4n) is 3.91. The molecule has 32 heavy (non-hydrogen) atoms. The summed E-state index contributed by atoms with van der Waals surface area (Å²) in [7, 11) is 1.53. The van der Waals surface area contributed by atoms with Crippen molar-refractivity contribution in [3.63, 3.8) is 0 Å². The molecule has 0 bridgehead atoms. The van der Waals surface area contributed by atoms with Crippen LogP contribution in [0, 0.1) is 0 Å². The fourth-order valence-corrected chi connectivity index (χ4v) is 4.08. The van der Waals surface area contributed by atoms with Gasteiger partial charge < -0.3 is 24.6 Å². The second kappa shape index (κ2) is 8.94. The van der Waals surface area contributed by atoms with Gasteiger partial charge in [-0.25, -0.2) is 0 Å². The quantitative estimate of drug-likeness (QED) is 0.448. The van der Waals surface area contributed by atoms with E-state index in [9.17, 15) is 15.0 Å². The van der Waals surface area contributed by atoms with Crippen LogP contribution in [0.1, 0.15) is 27.7 Å². The molecule has 0 fully saturated rings. The zero-order valence-corrected chi connectivity index (χ0v) is 18.1. The maximum absolute atomic E-state index is 13.1. The number of phenols is 1. The van der Waals surface area contributed by atoms with E-state index in [0.717, 1.165) is 5.56 Å². The Morgan fingerprint density at radius 2 is 2.09 bits per heavy atom. The number of hydrogen-bond acceptors (Lipinski definition) is 6. The lowest BCUT2D eigenvalue weighted by Crippen LogP contribution is -2.32. The van der Waals surface area contributed by atoms with Gasteiger partial charge in [0.2, 0.25) is 0 Å². The first-order chi connectivity index (χ1) is 15.5. The molecule has 4 rings (SSSR count). The molecule has 166 valence electrons. The molecule has 9 heteroatoms. The summed E-state index contributed by atoms with van der Waals surface area (Å²) in [6.07, 6.45) is 1.63. The van der Waals surface area contributed by atoms with Crippen LogP contribution in [-0.4, -0.2) is 58.1 Å². The van der Waals surface area contributed by atoms with Crippen molar-refractivity contribution in [2.75, 3.05) is 26.9 Å². The van der Waals surface area contributed by atoms with E-state index in [1.807, 2.05) is 6.07 Å². The van der Waals surface area contributed by atoms with E-state index in [4.69, 9.17) is 21.1 Å². The van der Waals surface area contributed by atoms with Crippen LogP contribution in [0.5, 0.6) is 17.2 Å². The minimum atomic E-state index is -0.570. The Hall–Kier alpha value is -3.49. The van der Waals surface area contributed by atoms with Gasteiger partial charge in [-0.2, -0.15) is 5.10 Å². The highest BCUT2D eigenvalue weighted by atomic mass is 35.5. The Kier molecular flexibility index (Phi) is 6.07. The van der Waals surface area contributed by atoms with Crippen molar-refractivity contribution in [1.29, 1.82) is 0 Å². The van der Waals surface area contributed by atoms with Crippen LogP contribution >= 0.6 is 11.6 Å². The first-order valence-corrected chi connectivity index (χ1v) is 10.3. The molecule has 3 N–H and O–H groups in total. The second-order valence-electron chi connectivity index (χ2n) is 7.16. The number of nitrogens with one attached hydrogen (secondary N) is 1. The molecule has 2 aromatic carbocycles. The van der Waals surface area contributed by atoms with Gasteiger partial charge in [0, 0.05) is 22.7 Å². The fraction of sp³-hybridized carbons (Fsp3) is 0.217. The third kappa shape index (κ3) is 3.68. The highest BCUT2D eigenvalue weighted by Gasteiger charge is 2.42. The molecule has 1 unspecified atom stereocenters. The summed E-state index contributed by atoms with van der Waals surface area (Å²) < 4.78 is 11.1. The number of H-pyrrole nitrogens is 1. The first-order valence-electron chi connectivity index (χ1n) is 9.90. The van der Waals surface area contributed by atoms with Gasteiger partial charge in [0.15, 0.2) is 11.5 Å².